The summed E-state index contributed by atoms with van der Waals surface area (Å²) < 4.78 is 87.1. The molecule has 4 rings (SSSR count). The Kier molecular flexibility index (Phi) is 11.5. The summed E-state index contributed by atoms with van der Waals surface area (Å²) in [5, 5.41) is 6.22. The third-order valence-corrected chi connectivity index (χ3v) is 8.78. The third kappa shape index (κ3) is 8.73. The van der Waals surface area contributed by atoms with Gasteiger partial charge in [-0.1, -0.05) is 18.2 Å². The molecule has 0 aliphatic rings. The van der Waals surface area contributed by atoms with Crippen molar-refractivity contribution in [2.45, 2.75) is 70.1 Å². The minimum absolute atomic E-state index is 0.0503. The predicted molar refractivity (Wildman–Crippen MR) is 181 cm³/mol. The smallest absolute Gasteiger partial charge is 0.490 e. The summed E-state index contributed by atoms with van der Waals surface area (Å²) in [5.74, 6) is -3.50. The third-order valence-electron chi connectivity index (χ3n) is 7.02. The molecule has 0 spiro atoms. The van der Waals surface area contributed by atoms with E-state index < -0.39 is 46.4 Å². The summed E-state index contributed by atoms with van der Waals surface area (Å²) in [5.41, 5.74) is 2.95. The molecule has 0 aliphatic carbocycles. The first-order chi connectivity index (χ1) is 23.5. The first-order valence-corrected chi connectivity index (χ1v) is 17.0. The molecule has 4 aromatic rings. The number of rotatable bonds is 14. The van der Waals surface area contributed by atoms with Crippen LogP contribution in [-0.2, 0) is 36.6 Å². The molecule has 1 heterocycles. The van der Waals surface area contributed by atoms with Crippen molar-refractivity contribution < 1.29 is 45.4 Å². The largest absolute Gasteiger partial charge is 0.491 e. The first-order valence-electron chi connectivity index (χ1n) is 15.5. The number of anilines is 2. The highest BCUT2D eigenvalue weighted by Gasteiger charge is 2.52. The highest BCUT2D eigenvalue weighted by Crippen LogP contribution is 2.38. The molecule has 268 valence electrons. The molecule has 12 nitrogen and oxygen atoms in total. The number of pyridine rings is 1. The minimum atomic E-state index is -5.52. The molecule has 0 radical (unpaired) electrons. The van der Waals surface area contributed by atoms with Crippen molar-refractivity contribution in [3.8, 4) is 11.5 Å². The minimum Gasteiger partial charge on any atom is -0.490 e. The number of ether oxygens (including phenoxy) is 3. The quantitative estimate of drug-likeness (QED) is 0.0982. The number of benzene rings is 3. The van der Waals surface area contributed by atoms with Crippen molar-refractivity contribution in [1.82, 2.24) is 15.0 Å². The molecule has 0 aliphatic heterocycles. The van der Waals surface area contributed by atoms with Crippen LogP contribution in [0.3, 0.4) is 0 Å². The van der Waals surface area contributed by atoms with Crippen LogP contribution in [0.1, 0.15) is 45.7 Å². The Morgan fingerprint density at radius 1 is 0.960 bits per heavy atom. The molecular formula is C34H38F3N5O7S. The Morgan fingerprint density at radius 3 is 2.34 bits per heavy atom. The number of nitrogen functional groups attached to an aromatic ring is 1. The van der Waals surface area contributed by atoms with Gasteiger partial charge < -0.3 is 30.6 Å². The summed E-state index contributed by atoms with van der Waals surface area (Å²) in [6.07, 6.45) is -4.43. The van der Waals surface area contributed by atoms with Gasteiger partial charge in [0.1, 0.15) is 5.82 Å². The van der Waals surface area contributed by atoms with E-state index in [0.29, 0.717) is 10.8 Å². The Balaban J connectivity index is 1.91. The fraction of sp³-hybridized carbons (Fsp3) is 0.324. The van der Waals surface area contributed by atoms with Crippen LogP contribution in [0.15, 0.2) is 77.8 Å². The number of alkyl halides is 3. The Morgan fingerprint density at radius 2 is 1.68 bits per heavy atom. The van der Waals surface area contributed by atoms with Crippen LogP contribution >= 0.6 is 0 Å². The van der Waals surface area contributed by atoms with Crippen molar-refractivity contribution >= 4 is 44.2 Å². The van der Waals surface area contributed by atoms with E-state index in [4.69, 9.17) is 19.9 Å². The Bertz CT molecular complexity index is 1970. The van der Waals surface area contributed by atoms with Gasteiger partial charge in [0.2, 0.25) is 10.0 Å². The van der Waals surface area contributed by atoms with Crippen LogP contribution in [0.2, 0.25) is 0 Å². The molecule has 16 heteroatoms. The van der Waals surface area contributed by atoms with Gasteiger partial charge in [0, 0.05) is 35.4 Å². The summed E-state index contributed by atoms with van der Waals surface area (Å²) in [4.78, 5) is 30.9. The van der Waals surface area contributed by atoms with Gasteiger partial charge in [-0.05, 0) is 94.1 Å². The van der Waals surface area contributed by atoms with Crippen LogP contribution in [0.4, 0.5) is 24.7 Å². The Hall–Kier alpha value is -5.09. The van der Waals surface area contributed by atoms with E-state index in [9.17, 15) is 31.2 Å². The van der Waals surface area contributed by atoms with Crippen LogP contribution in [0.25, 0.3) is 10.8 Å². The van der Waals surface area contributed by atoms with Gasteiger partial charge >= 0.3 is 12.1 Å². The maximum Gasteiger partial charge on any atom is 0.491 e. The number of nitrogens with two attached hydrogens (primary N) is 1. The molecule has 50 heavy (non-hydrogen) atoms. The van der Waals surface area contributed by atoms with Crippen molar-refractivity contribution in [2.24, 2.45) is 0 Å². The topological polar surface area (TPSA) is 171 Å². The van der Waals surface area contributed by atoms with E-state index >= 15 is 0 Å². The number of carbonyl (C=O) groups excluding carboxylic acids is 2. The van der Waals surface area contributed by atoms with E-state index in [1.54, 1.807) is 40.7 Å². The monoisotopic (exact) mass is 717 g/mol. The van der Waals surface area contributed by atoms with Gasteiger partial charge in [0.05, 0.1) is 17.6 Å². The fourth-order valence-electron chi connectivity index (χ4n) is 5.00. The molecule has 0 saturated heterocycles. The number of carbonyl (C=O) groups is 2. The molecule has 1 atom stereocenters. The van der Waals surface area contributed by atoms with Crippen molar-refractivity contribution in [1.29, 1.82) is 0 Å². The van der Waals surface area contributed by atoms with E-state index in [1.807, 2.05) is 0 Å². The molecule has 1 amide bonds. The first kappa shape index (κ1) is 37.7. The average Bonchev–Trinajstić information content (AvgIpc) is 3.03. The zero-order chi connectivity index (χ0) is 36.9. The number of sulfonamides is 1. The molecule has 0 fully saturated rings. The summed E-state index contributed by atoms with van der Waals surface area (Å²) in [6, 6.07) is 15.2. The van der Waals surface area contributed by atoms with Crippen LogP contribution < -0.4 is 30.6 Å². The maximum atomic E-state index is 14.4. The summed E-state index contributed by atoms with van der Waals surface area (Å²) in [7, 11) is -4.06. The summed E-state index contributed by atoms with van der Waals surface area (Å²) in [6.45, 7) is 8.06. The standard InChI is InChI=1S/C34H38F3N5O7S/c1-6-47-28-18-24(11-14-27(28)48-21(4)5)33(49-32(44)34(35,36)37,41-25-12-13-26-22(17-25)15-16-39-30(26)38)31(43)40-19-23-9-7-8-10-29(23)50(45,46)42-20(2)3/h7-18,20-21,41-42H,6,19H2,1-5H3,(H2,38,39)(H,40,43). The van der Waals surface area contributed by atoms with Crippen molar-refractivity contribution in [2.75, 3.05) is 17.7 Å². The number of nitrogens with one attached hydrogen (secondary N) is 3. The summed E-state index contributed by atoms with van der Waals surface area (Å²) >= 11 is 0. The van der Waals surface area contributed by atoms with E-state index in [0.717, 1.165) is 0 Å². The lowest BCUT2D eigenvalue weighted by molar-refractivity contribution is -0.213. The Labute approximate surface area is 287 Å². The second kappa shape index (κ2) is 15.2. The molecule has 5 N–H and O–H groups in total. The number of esters is 1. The number of hydrogen-bond acceptors (Lipinski definition) is 10. The van der Waals surface area contributed by atoms with Crippen molar-refractivity contribution in [3.63, 3.8) is 0 Å². The molecule has 0 bridgehead atoms. The molecular weight excluding hydrogens is 679 g/mol. The maximum absolute atomic E-state index is 14.4. The SMILES string of the molecule is CCOc1cc(C(Nc2ccc3c(N)nccc3c2)(OC(=O)C(F)(F)F)C(=O)NCc2ccccc2S(=O)(=O)NC(C)C)ccc1OC(C)C. The lowest BCUT2D eigenvalue weighted by Gasteiger charge is -2.35. The second-order valence-electron chi connectivity index (χ2n) is 11.7. The lowest BCUT2D eigenvalue weighted by atomic mass is 9.99. The second-order valence-corrected chi connectivity index (χ2v) is 13.3. The molecule has 0 saturated carbocycles. The molecule has 3 aromatic carbocycles. The van der Waals surface area contributed by atoms with E-state index in [1.165, 1.54) is 66.9 Å². The lowest BCUT2D eigenvalue weighted by Crippen LogP contribution is -2.54. The van der Waals surface area contributed by atoms with E-state index in [-0.39, 0.29) is 51.7 Å². The van der Waals surface area contributed by atoms with Gasteiger partial charge in [-0.3, -0.25) is 4.79 Å². The number of amides is 1. The highest BCUT2D eigenvalue weighted by molar-refractivity contribution is 7.89. The average molecular weight is 718 g/mol. The number of nitrogens with zero attached hydrogens (tertiary/aromatic N) is 1. The molecule has 1 unspecified atom stereocenters. The zero-order valence-corrected chi connectivity index (χ0v) is 28.7. The number of aromatic nitrogens is 1. The number of fused-ring (bicyclic) bond motifs is 1. The van der Waals surface area contributed by atoms with Crippen LogP contribution in [-0.4, -0.2) is 50.2 Å². The fourth-order valence-corrected chi connectivity index (χ4v) is 6.49. The van der Waals surface area contributed by atoms with Gasteiger partial charge in [-0.25, -0.2) is 22.9 Å². The van der Waals surface area contributed by atoms with Crippen LogP contribution in [0.5, 0.6) is 11.5 Å². The molecule has 1 aromatic heterocycles. The van der Waals surface area contributed by atoms with E-state index in [2.05, 4.69) is 20.3 Å². The predicted octanol–water partition coefficient (Wildman–Crippen LogP) is 5.38. The van der Waals surface area contributed by atoms with Gasteiger partial charge in [0.25, 0.3) is 11.6 Å². The van der Waals surface area contributed by atoms with Crippen LogP contribution in [0, 0.1) is 0 Å². The van der Waals surface area contributed by atoms with Gasteiger partial charge in [-0.2, -0.15) is 13.2 Å². The normalized spacial score (nSPS) is 13.2. The van der Waals surface area contributed by atoms with Crippen molar-refractivity contribution in [3.05, 3.63) is 84.1 Å². The highest BCUT2D eigenvalue weighted by atomic mass is 32.2. The zero-order valence-electron chi connectivity index (χ0n) is 27.9. The van der Waals surface area contributed by atoms with Gasteiger partial charge in [0.15, 0.2) is 11.5 Å². The number of halogens is 3. The number of hydrogen-bond donors (Lipinski definition) is 4. The van der Waals surface area contributed by atoms with Gasteiger partial charge in [-0.15, -0.1) is 0 Å².